The van der Waals surface area contributed by atoms with Crippen LogP contribution in [0.1, 0.15) is 30.0 Å². The molecule has 1 aromatic rings. The maximum absolute atomic E-state index is 6.03. The third kappa shape index (κ3) is 3.83. The Morgan fingerprint density at radius 1 is 1.21 bits per heavy atom. The Kier molecular flexibility index (Phi) is 5.20. The number of hydrogen-bond donors (Lipinski definition) is 0. The lowest BCUT2D eigenvalue weighted by atomic mass is 9.87. The molecule has 0 saturated carbocycles. The third-order valence-electron chi connectivity index (χ3n) is 5.75. The van der Waals surface area contributed by atoms with Crippen LogP contribution in [0, 0.1) is 12.3 Å². The van der Waals surface area contributed by atoms with Crippen LogP contribution < -0.4 is 0 Å². The SMILES string of the molecule is Cc1nc(CN2CCOC[C@]3(CCN(C4CCOCC4)C3)C2)cs1. The zero-order chi connectivity index (χ0) is 16.4. The van der Waals surface area contributed by atoms with Crippen molar-refractivity contribution < 1.29 is 9.47 Å². The Morgan fingerprint density at radius 2 is 2.08 bits per heavy atom. The first-order valence-corrected chi connectivity index (χ1v) is 10.1. The van der Waals surface area contributed by atoms with E-state index in [1.807, 2.05) is 0 Å². The number of aryl methyl sites for hydroxylation is 1. The van der Waals surface area contributed by atoms with Gasteiger partial charge in [0.25, 0.3) is 0 Å². The van der Waals surface area contributed by atoms with Crippen LogP contribution in [0.2, 0.25) is 0 Å². The van der Waals surface area contributed by atoms with Gasteiger partial charge in [-0.2, -0.15) is 0 Å². The molecule has 3 saturated heterocycles. The second kappa shape index (κ2) is 7.38. The van der Waals surface area contributed by atoms with E-state index in [9.17, 15) is 0 Å². The zero-order valence-electron chi connectivity index (χ0n) is 14.7. The molecule has 0 aliphatic carbocycles. The van der Waals surface area contributed by atoms with Crippen molar-refractivity contribution in [2.75, 3.05) is 52.6 Å². The first-order chi connectivity index (χ1) is 11.7. The monoisotopic (exact) mass is 351 g/mol. The molecular formula is C18H29N3O2S. The minimum Gasteiger partial charge on any atom is -0.381 e. The van der Waals surface area contributed by atoms with Gasteiger partial charge in [0.15, 0.2) is 0 Å². The van der Waals surface area contributed by atoms with Crippen LogP contribution in [0.25, 0.3) is 0 Å². The highest BCUT2D eigenvalue weighted by molar-refractivity contribution is 7.09. The number of rotatable bonds is 3. The van der Waals surface area contributed by atoms with Gasteiger partial charge in [-0.05, 0) is 32.7 Å². The van der Waals surface area contributed by atoms with Gasteiger partial charge in [0, 0.05) is 56.2 Å². The predicted octanol–water partition coefficient (Wildman–Crippen LogP) is 2.15. The second-order valence-electron chi connectivity index (χ2n) is 7.69. The van der Waals surface area contributed by atoms with Crippen molar-refractivity contribution in [1.29, 1.82) is 0 Å². The summed E-state index contributed by atoms with van der Waals surface area (Å²) >= 11 is 1.75. The maximum Gasteiger partial charge on any atom is 0.0897 e. The standard InChI is InChI=1S/C18H29N3O2S/c1-15-19-16(11-24-15)10-20-6-9-23-14-18(12-20)4-5-21(13-18)17-2-7-22-8-3-17/h11,17H,2-10,12-14H2,1H3/t18-/m1/s1. The van der Waals surface area contributed by atoms with Crippen LogP contribution in [-0.2, 0) is 16.0 Å². The number of ether oxygens (including phenoxy) is 2. The molecule has 1 aromatic heterocycles. The van der Waals surface area contributed by atoms with E-state index in [0.717, 1.165) is 57.1 Å². The van der Waals surface area contributed by atoms with E-state index in [4.69, 9.17) is 9.47 Å². The lowest BCUT2D eigenvalue weighted by Crippen LogP contribution is -2.43. The molecule has 4 heterocycles. The topological polar surface area (TPSA) is 37.8 Å². The Balaban J connectivity index is 1.40. The summed E-state index contributed by atoms with van der Waals surface area (Å²) in [6, 6.07) is 0.719. The van der Waals surface area contributed by atoms with Gasteiger partial charge in [0.05, 0.1) is 23.9 Å². The highest BCUT2D eigenvalue weighted by atomic mass is 32.1. The number of thiazole rings is 1. The first kappa shape index (κ1) is 16.9. The van der Waals surface area contributed by atoms with E-state index >= 15 is 0 Å². The van der Waals surface area contributed by atoms with Crippen LogP contribution in [0.4, 0.5) is 0 Å². The smallest absolute Gasteiger partial charge is 0.0897 e. The fourth-order valence-corrected chi connectivity index (χ4v) is 5.11. The maximum atomic E-state index is 6.03. The quantitative estimate of drug-likeness (QED) is 0.834. The Labute approximate surface area is 148 Å². The number of nitrogens with zero attached hydrogens (tertiary/aromatic N) is 3. The van der Waals surface area contributed by atoms with Gasteiger partial charge in [-0.3, -0.25) is 9.80 Å². The van der Waals surface area contributed by atoms with Gasteiger partial charge in [0.2, 0.25) is 0 Å². The van der Waals surface area contributed by atoms with Crippen molar-refractivity contribution in [3.05, 3.63) is 16.1 Å². The largest absolute Gasteiger partial charge is 0.381 e. The minimum atomic E-state index is 0.305. The summed E-state index contributed by atoms with van der Waals surface area (Å²) in [5.41, 5.74) is 1.52. The second-order valence-corrected chi connectivity index (χ2v) is 8.75. The summed E-state index contributed by atoms with van der Waals surface area (Å²) < 4.78 is 11.6. The van der Waals surface area contributed by atoms with E-state index in [1.54, 1.807) is 11.3 Å². The third-order valence-corrected chi connectivity index (χ3v) is 6.57. The highest BCUT2D eigenvalue weighted by Crippen LogP contribution is 2.36. The van der Waals surface area contributed by atoms with E-state index in [2.05, 4.69) is 27.1 Å². The molecule has 3 fully saturated rings. The van der Waals surface area contributed by atoms with Gasteiger partial charge in [0.1, 0.15) is 0 Å². The molecule has 0 radical (unpaired) electrons. The van der Waals surface area contributed by atoms with Crippen LogP contribution in [0.15, 0.2) is 5.38 Å². The van der Waals surface area contributed by atoms with Crippen molar-refractivity contribution in [2.24, 2.45) is 5.41 Å². The lowest BCUT2D eigenvalue weighted by Gasteiger charge is -2.35. The van der Waals surface area contributed by atoms with Crippen molar-refractivity contribution >= 4 is 11.3 Å². The van der Waals surface area contributed by atoms with E-state index in [-0.39, 0.29) is 0 Å². The Hall–Kier alpha value is -0.530. The molecule has 1 atom stereocenters. The van der Waals surface area contributed by atoms with Crippen LogP contribution in [0.3, 0.4) is 0 Å². The van der Waals surface area contributed by atoms with Gasteiger partial charge in [-0.1, -0.05) is 0 Å². The Bertz CT molecular complexity index is 546. The summed E-state index contributed by atoms with van der Waals surface area (Å²) in [6.45, 7) is 11.2. The number of hydrogen-bond acceptors (Lipinski definition) is 6. The average molecular weight is 352 g/mol. The van der Waals surface area contributed by atoms with Gasteiger partial charge in [-0.15, -0.1) is 11.3 Å². The summed E-state index contributed by atoms with van der Waals surface area (Å²) in [7, 11) is 0. The fraction of sp³-hybridized carbons (Fsp3) is 0.833. The fourth-order valence-electron chi connectivity index (χ4n) is 4.50. The van der Waals surface area contributed by atoms with Crippen molar-refractivity contribution in [1.82, 2.24) is 14.8 Å². The molecule has 6 heteroatoms. The molecular weight excluding hydrogens is 322 g/mol. The molecule has 0 unspecified atom stereocenters. The molecule has 3 aliphatic rings. The molecule has 0 N–H and O–H groups in total. The average Bonchev–Trinajstić information content (AvgIpc) is 3.13. The van der Waals surface area contributed by atoms with Crippen molar-refractivity contribution in [2.45, 2.75) is 38.8 Å². The first-order valence-electron chi connectivity index (χ1n) is 9.25. The van der Waals surface area contributed by atoms with E-state index in [1.165, 1.54) is 38.0 Å². The number of aromatic nitrogens is 1. The molecule has 0 amide bonds. The zero-order valence-corrected chi connectivity index (χ0v) is 15.5. The van der Waals surface area contributed by atoms with Crippen LogP contribution in [0.5, 0.6) is 0 Å². The van der Waals surface area contributed by atoms with Gasteiger partial charge >= 0.3 is 0 Å². The molecule has 1 spiro atoms. The van der Waals surface area contributed by atoms with Gasteiger partial charge < -0.3 is 9.47 Å². The van der Waals surface area contributed by atoms with E-state index < -0.39 is 0 Å². The summed E-state index contributed by atoms with van der Waals surface area (Å²) in [6.07, 6.45) is 3.65. The summed E-state index contributed by atoms with van der Waals surface area (Å²) in [5.74, 6) is 0. The van der Waals surface area contributed by atoms with Crippen molar-refractivity contribution in [3.8, 4) is 0 Å². The number of likely N-dealkylation sites (tertiary alicyclic amines) is 1. The summed E-state index contributed by atoms with van der Waals surface area (Å²) in [4.78, 5) is 9.93. The molecule has 0 bridgehead atoms. The van der Waals surface area contributed by atoms with E-state index in [0.29, 0.717) is 5.41 Å². The predicted molar refractivity (Wildman–Crippen MR) is 95.4 cm³/mol. The lowest BCUT2D eigenvalue weighted by molar-refractivity contribution is 0.0284. The summed E-state index contributed by atoms with van der Waals surface area (Å²) in [5, 5.41) is 3.37. The van der Waals surface area contributed by atoms with Crippen LogP contribution in [-0.4, -0.2) is 73.4 Å². The normalized spacial score (nSPS) is 30.9. The molecule has 0 aromatic carbocycles. The highest BCUT2D eigenvalue weighted by Gasteiger charge is 2.43. The molecule has 24 heavy (non-hydrogen) atoms. The van der Waals surface area contributed by atoms with Crippen LogP contribution >= 0.6 is 11.3 Å². The van der Waals surface area contributed by atoms with Crippen molar-refractivity contribution in [3.63, 3.8) is 0 Å². The molecule has 134 valence electrons. The van der Waals surface area contributed by atoms with Gasteiger partial charge in [-0.25, -0.2) is 4.98 Å². The molecule has 3 aliphatic heterocycles. The molecule has 4 rings (SSSR count). The molecule has 5 nitrogen and oxygen atoms in total. The minimum absolute atomic E-state index is 0.305. The Morgan fingerprint density at radius 3 is 2.88 bits per heavy atom.